The molecule has 2 rings (SSSR count). The van der Waals surface area contributed by atoms with Crippen LogP contribution in [0.15, 0.2) is 54.1 Å². The number of rotatable bonds is 4. The summed E-state index contributed by atoms with van der Waals surface area (Å²) in [5.41, 5.74) is 7.91. The van der Waals surface area contributed by atoms with Crippen molar-refractivity contribution in [3.8, 4) is 0 Å². The molecule has 0 saturated carbocycles. The molecule has 2 atom stereocenters. The first kappa shape index (κ1) is 13.6. The van der Waals surface area contributed by atoms with E-state index in [9.17, 15) is 4.79 Å². The van der Waals surface area contributed by atoms with Gasteiger partial charge in [0.05, 0.1) is 6.42 Å². The minimum absolute atomic E-state index is 0.0248. The molecule has 100 valence electrons. The number of hydrogen-bond acceptors (Lipinski definition) is 2. The Balaban J connectivity index is 2.32. The molecule has 0 saturated heterocycles. The van der Waals surface area contributed by atoms with Crippen molar-refractivity contribution in [3.63, 3.8) is 0 Å². The van der Waals surface area contributed by atoms with E-state index >= 15 is 0 Å². The average molecular weight is 257 g/mol. The standard InChI is InChI=1S/C16H19NO2/c1-2-16(17)11-12(10-15(18)19)8-9-14(16)13-6-4-3-5-7-13/h3-9,11,14H,2,10,17H2,1H3,(H,18,19). The fourth-order valence-corrected chi connectivity index (χ4v) is 2.57. The van der Waals surface area contributed by atoms with E-state index in [1.165, 1.54) is 0 Å². The Hall–Kier alpha value is -1.87. The fourth-order valence-electron chi connectivity index (χ4n) is 2.57. The molecule has 0 bridgehead atoms. The van der Waals surface area contributed by atoms with Gasteiger partial charge >= 0.3 is 5.97 Å². The van der Waals surface area contributed by atoms with Crippen molar-refractivity contribution in [3.05, 3.63) is 59.7 Å². The van der Waals surface area contributed by atoms with Crippen LogP contribution in [0.4, 0.5) is 0 Å². The topological polar surface area (TPSA) is 63.3 Å². The minimum atomic E-state index is -0.826. The predicted molar refractivity (Wildman–Crippen MR) is 75.9 cm³/mol. The normalized spacial score (nSPS) is 26.0. The Morgan fingerprint density at radius 1 is 1.37 bits per heavy atom. The molecule has 0 aliphatic heterocycles. The van der Waals surface area contributed by atoms with Crippen LogP contribution in [0.3, 0.4) is 0 Å². The zero-order valence-corrected chi connectivity index (χ0v) is 11.0. The lowest BCUT2D eigenvalue weighted by atomic mass is 9.73. The number of allylic oxidation sites excluding steroid dienone is 1. The average Bonchev–Trinajstić information content (AvgIpc) is 2.39. The maximum atomic E-state index is 10.8. The van der Waals surface area contributed by atoms with Gasteiger partial charge in [-0.3, -0.25) is 4.79 Å². The van der Waals surface area contributed by atoms with Crippen LogP contribution >= 0.6 is 0 Å². The molecule has 1 aromatic rings. The van der Waals surface area contributed by atoms with Crippen LogP contribution in [0.25, 0.3) is 0 Å². The number of carboxylic acid groups (broad SMARTS) is 1. The van der Waals surface area contributed by atoms with Gasteiger partial charge < -0.3 is 10.8 Å². The fraction of sp³-hybridized carbons (Fsp3) is 0.312. The number of benzene rings is 1. The maximum absolute atomic E-state index is 10.8. The smallest absolute Gasteiger partial charge is 0.307 e. The third kappa shape index (κ3) is 2.93. The van der Waals surface area contributed by atoms with Crippen LogP contribution in [-0.2, 0) is 4.79 Å². The summed E-state index contributed by atoms with van der Waals surface area (Å²) in [6.07, 6.45) is 6.61. The molecule has 0 radical (unpaired) electrons. The molecular formula is C16H19NO2. The van der Waals surface area contributed by atoms with E-state index < -0.39 is 11.5 Å². The maximum Gasteiger partial charge on any atom is 0.307 e. The first-order chi connectivity index (χ1) is 9.05. The molecule has 3 nitrogen and oxygen atoms in total. The van der Waals surface area contributed by atoms with Gasteiger partial charge in [0.1, 0.15) is 0 Å². The third-order valence-corrected chi connectivity index (χ3v) is 3.66. The monoisotopic (exact) mass is 257 g/mol. The van der Waals surface area contributed by atoms with Gasteiger partial charge in [0, 0.05) is 11.5 Å². The molecule has 0 fully saturated rings. The molecule has 19 heavy (non-hydrogen) atoms. The summed E-state index contributed by atoms with van der Waals surface area (Å²) in [4.78, 5) is 10.8. The summed E-state index contributed by atoms with van der Waals surface area (Å²) in [6, 6.07) is 10.1. The molecule has 1 aliphatic carbocycles. The lowest BCUT2D eigenvalue weighted by Gasteiger charge is -2.36. The van der Waals surface area contributed by atoms with Crippen molar-refractivity contribution in [1.29, 1.82) is 0 Å². The van der Waals surface area contributed by atoms with E-state index in [0.29, 0.717) is 0 Å². The summed E-state index contributed by atoms with van der Waals surface area (Å²) >= 11 is 0. The van der Waals surface area contributed by atoms with Gasteiger partial charge in [-0.1, -0.05) is 55.5 Å². The van der Waals surface area contributed by atoms with E-state index in [2.05, 4.69) is 12.1 Å². The van der Waals surface area contributed by atoms with E-state index in [1.807, 2.05) is 43.4 Å². The van der Waals surface area contributed by atoms with Crippen molar-refractivity contribution in [2.45, 2.75) is 31.2 Å². The third-order valence-electron chi connectivity index (χ3n) is 3.66. The van der Waals surface area contributed by atoms with E-state index in [1.54, 1.807) is 0 Å². The Morgan fingerprint density at radius 2 is 2.05 bits per heavy atom. The van der Waals surface area contributed by atoms with Crippen molar-refractivity contribution >= 4 is 5.97 Å². The molecule has 0 amide bonds. The van der Waals surface area contributed by atoms with Crippen LogP contribution < -0.4 is 5.73 Å². The quantitative estimate of drug-likeness (QED) is 0.871. The number of nitrogens with two attached hydrogens (primary N) is 1. The van der Waals surface area contributed by atoms with Crippen LogP contribution in [-0.4, -0.2) is 16.6 Å². The van der Waals surface area contributed by atoms with E-state index in [0.717, 1.165) is 17.6 Å². The van der Waals surface area contributed by atoms with Crippen LogP contribution in [0, 0.1) is 0 Å². The van der Waals surface area contributed by atoms with E-state index in [4.69, 9.17) is 10.8 Å². The highest BCUT2D eigenvalue weighted by Crippen LogP contribution is 2.36. The Morgan fingerprint density at radius 3 is 2.63 bits per heavy atom. The highest BCUT2D eigenvalue weighted by atomic mass is 16.4. The van der Waals surface area contributed by atoms with Gasteiger partial charge in [0.15, 0.2) is 0 Å². The molecule has 1 aliphatic rings. The summed E-state index contributed by atoms with van der Waals surface area (Å²) in [5.74, 6) is -0.733. The number of carboxylic acids is 1. The van der Waals surface area contributed by atoms with Gasteiger partial charge in [-0.15, -0.1) is 0 Å². The Kier molecular flexibility index (Phi) is 3.86. The first-order valence-electron chi connectivity index (χ1n) is 6.50. The summed E-state index contributed by atoms with van der Waals surface area (Å²) in [6.45, 7) is 2.03. The van der Waals surface area contributed by atoms with Crippen LogP contribution in [0.1, 0.15) is 31.2 Å². The van der Waals surface area contributed by atoms with Crippen molar-refractivity contribution < 1.29 is 9.90 Å². The second-order valence-corrected chi connectivity index (χ2v) is 5.00. The zero-order valence-electron chi connectivity index (χ0n) is 11.0. The van der Waals surface area contributed by atoms with Crippen molar-refractivity contribution in [2.75, 3.05) is 0 Å². The van der Waals surface area contributed by atoms with E-state index in [-0.39, 0.29) is 12.3 Å². The SMILES string of the molecule is CCC1(N)C=C(CC(=O)O)C=CC1c1ccccc1. The molecule has 0 heterocycles. The molecular weight excluding hydrogens is 238 g/mol. The van der Waals surface area contributed by atoms with Crippen molar-refractivity contribution in [2.24, 2.45) is 5.73 Å². The Bertz CT molecular complexity index is 519. The Labute approximate surface area is 113 Å². The molecule has 3 heteroatoms. The lowest BCUT2D eigenvalue weighted by molar-refractivity contribution is -0.136. The summed E-state index contributed by atoms with van der Waals surface area (Å²) in [7, 11) is 0. The largest absolute Gasteiger partial charge is 0.481 e. The van der Waals surface area contributed by atoms with Crippen LogP contribution in [0.5, 0.6) is 0 Å². The second kappa shape index (κ2) is 5.41. The molecule has 0 aromatic heterocycles. The number of aliphatic carboxylic acids is 1. The van der Waals surface area contributed by atoms with Gasteiger partial charge in [0.25, 0.3) is 0 Å². The number of hydrogen-bond donors (Lipinski definition) is 2. The molecule has 2 unspecified atom stereocenters. The van der Waals surface area contributed by atoms with Gasteiger partial charge in [-0.2, -0.15) is 0 Å². The highest BCUT2D eigenvalue weighted by Gasteiger charge is 2.33. The highest BCUT2D eigenvalue weighted by molar-refractivity contribution is 5.71. The van der Waals surface area contributed by atoms with Gasteiger partial charge in [-0.25, -0.2) is 0 Å². The summed E-state index contributed by atoms with van der Waals surface area (Å²) < 4.78 is 0. The molecule has 1 aromatic carbocycles. The van der Waals surface area contributed by atoms with Gasteiger partial charge in [-0.05, 0) is 17.6 Å². The van der Waals surface area contributed by atoms with Crippen LogP contribution in [0.2, 0.25) is 0 Å². The first-order valence-corrected chi connectivity index (χ1v) is 6.50. The zero-order chi connectivity index (χ0) is 13.9. The van der Waals surface area contributed by atoms with Crippen molar-refractivity contribution in [1.82, 2.24) is 0 Å². The van der Waals surface area contributed by atoms with Gasteiger partial charge in [0.2, 0.25) is 0 Å². The lowest BCUT2D eigenvalue weighted by Crippen LogP contribution is -2.44. The number of carbonyl (C=O) groups is 1. The predicted octanol–water partition coefficient (Wildman–Crippen LogP) is 2.85. The summed E-state index contributed by atoms with van der Waals surface area (Å²) in [5, 5.41) is 8.88. The second-order valence-electron chi connectivity index (χ2n) is 5.00. The molecule has 0 spiro atoms. The molecule has 3 N–H and O–H groups in total. The minimum Gasteiger partial charge on any atom is -0.481 e.